The third-order valence-electron chi connectivity index (χ3n) is 4.54. The SMILES string of the molecule is CCCCCN(C(=O)c1ccc(F)cc1)c1c(N)n(CCCC)c(=O)[nH]c1=O. The summed E-state index contributed by atoms with van der Waals surface area (Å²) in [4.78, 5) is 41.3. The van der Waals surface area contributed by atoms with Crippen LogP contribution in [0.3, 0.4) is 0 Å². The number of halogens is 1. The van der Waals surface area contributed by atoms with Crippen LogP contribution in [0.5, 0.6) is 0 Å². The third kappa shape index (κ3) is 4.88. The lowest BCUT2D eigenvalue weighted by atomic mass is 10.1. The summed E-state index contributed by atoms with van der Waals surface area (Å²) in [5.74, 6) is -0.956. The van der Waals surface area contributed by atoms with Crippen LogP contribution >= 0.6 is 0 Å². The minimum atomic E-state index is -0.706. The van der Waals surface area contributed by atoms with Gasteiger partial charge in [0.2, 0.25) is 0 Å². The highest BCUT2D eigenvalue weighted by Crippen LogP contribution is 2.21. The summed E-state index contributed by atoms with van der Waals surface area (Å²) in [6, 6.07) is 5.10. The van der Waals surface area contributed by atoms with E-state index in [1.807, 2.05) is 13.8 Å². The Labute approximate surface area is 163 Å². The van der Waals surface area contributed by atoms with Crippen LogP contribution in [0.2, 0.25) is 0 Å². The van der Waals surface area contributed by atoms with Crippen molar-refractivity contribution in [2.75, 3.05) is 17.2 Å². The van der Waals surface area contributed by atoms with E-state index in [1.54, 1.807) is 0 Å². The lowest BCUT2D eigenvalue weighted by Gasteiger charge is -2.24. The number of carbonyl (C=O) groups is 1. The van der Waals surface area contributed by atoms with Crippen LogP contribution in [0.15, 0.2) is 33.9 Å². The van der Waals surface area contributed by atoms with Gasteiger partial charge < -0.3 is 10.6 Å². The standard InChI is InChI=1S/C20H27FN4O3/c1-3-5-7-13-24(19(27)14-8-10-15(21)11-9-14)16-17(22)25(12-6-4-2)20(28)23-18(16)26/h8-11H,3-7,12-13,22H2,1-2H3,(H,23,26,28). The fourth-order valence-corrected chi connectivity index (χ4v) is 2.96. The van der Waals surface area contributed by atoms with Gasteiger partial charge in [-0.3, -0.25) is 19.1 Å². The van der Waals surface area contributed by atoms with Crippen LogP contribution in [-0.4, -0.2) is 22.0 Å². The number of anilines is 2. The van der Waals surface area contributed by atoms with E-state index in [1.165, 1.54) is 33.7 Å². The zero-order chi connectivity index (χ0) is 20.7. The molecule has 1 amide bonds. The molecule has 0 radical (unpaired) electrons. The van der Waals surface area contributed by atoms with Crippen LogP contribution in [0.25, 0.3) is 0 Å². The fraction of sp³-hybridized carbons (Fsp3) is 0.450. The smallest absolute Gasteiger partial charge is 0.330 e. The van der Waals surface area contributed by atoms with Crippen molar-refractivity contribution >= 4 is 17.4 Å². The molecule has 1 aromatic heterocycles. The third-order valence-corrected chi connectivity index (χ3v) is 4.54. The van der Waals surface area contributed by atoms with Gasteiger partial charge >= 0.3 is 5.69 Å². The molecule has 28 heavy (non-hydrogen) atoms. The molecule has 0 bridgehead atoms. The highest BCUT2D eigenvalue weighted by Gasteiger charge is 2.25. The Kier molecular flexibility index (Phi) is 7.54. The average molecular weight is 390 g/mol. The molecule has 7 nitrogen and oxygen atoms in total. The molecule has 1 aromatic carbocycles. The van der Waals surface area contributed by atoms with E-state index in [4.69, 9.17) is 5.73 Å². The van der Waals surface area contributed by atoms with Crippen molar-refractivity contribution in [2.45, 2.75) is 52.5 Å². The molecule has 152 valence electrons. The number of amides is 1. The maximum absolute atomic E-state index is 13.2. The summed E-state index contributed by atoms with van der Waals surface area (Å²) in [5.41, 5.74) is 5.06. The van der Waals surface area contributed by atoms with E-state index in [2.05, 4.69) is 4.98 Å². The minimum Gasteiger partial charge on any atom is -0.383 e. The number of unbranched alkanes of at least 4 members (excludes halogenated alkanes) is 3. The van der Waals surface area contributed by atoms with E-state index >= 15 is 0 Å². The van der Waals surface area contributed by atoms with Gasteiger partial charge in [0.15, 0.2) is 5.69 Å². The van der Waals surface area contributed by atoms with Crippen LogP contribution in [0.1, 0.15) is 56.3 Å². The van der Waals surface area contributed by atoms with E-state index < -0.39 is 23.0 Å². The molecule has 0 fully saturated rings. The second-order valence-electron chi connectivity index (χ2n) is 6.67. The first kappa shape index (κ1) is 21.4. The first-order valence-electron chi connectivity index (χ1n) is 9.60. The van der Waals surface area contributed by atoms with Gasteiger partial charge in [-0.2, -0.15) is 0 Å². The molecule has 2 aromatic rings. The van der Waals surface area contributed by atoms with Crippen molar-refractivity contribution in [3.05, 3.63) is 56.5 Å². The van der Waals surface area contributed by atoms with Gasteiger partial charge in [-0.25, -0.2) is 9.18 Å². The Bertz CT molecular complexity index is 919. The zero-order valence-electron chi connectivity index (χ0n) is 16.3. The van der Waals surface area contributed by atoms with Gasteiger partial charge in [0.25, 0.3) is 11.5 Å². The fourth-order valence-electron chi connectivity index (χ4n) is 2.96. The number of hydrogen-bond acceptors (Lipinski definition) is 4. The maximum Gasteiger partial charge on any atom is 0.330 e. The van der Waals surface area contributed by atoms with Gasteiger partial charge in [-0.05, 0) is 37.1 Å². The molecular formula is C20H27FN4O3. The number of H-pyrrole nitrogens is 1. The number of rotatable bonds is 9. The summed E-state index contributed by atoms with van der Waals surface area (Å²) in [7, 11) is 0. The molecule has 8 heteroatoms. The Morgan fingerprint density at radius 1 is 1.11 bits per heavy atom. The number of hydrogen-bond donors (Lipinski definition) is 2. The number of nitrogens with one attached hydrogen (secondary N) is 1. The highest BCUT2D eigenvalue weighted by molar-refractivity contribution is 6.07. The molecule has 0 unspecified atom stereocenters. The molecule has 0 spiro atoms. The lowest BCUT2D eigenvalue weighted by Crippen LogP contribution is -2.41. The minimum absolute atomic E-state index is 0.0332. The first-order chi connectivity index (χ1) is 13.4. The predicted octanol–water partition coefficient (Wildman–Crippen LogP) is 2.90. The summed E-state index contributed by atoms with van der Waals surface area (Å²) in [6.07, 6.45) is 4.00. The van der Waals surface area contributed by atoms with Crippen molar-refractivity contribution in [3.8, 4) is 0 Å². The van der Waals surface area contributed by atoms with Crippen LogP contribution in [-0.2, 0) is 6.54 Å². The monoisotopic (exact) mass is 390 g/mol. The molecule has 0 saturated carbocycles. The number of nitrogens with zero attached hydrogens (tertiary/aromatic N) is 2. The molecule has 0 aliphatic rings. The number of nitrogen functional groups attached to an aromatic ring is 1. The van der Waals surface area contributed by atoms with Crippen LogP contribution in [0.4, 0.5) is 15.9 Å². The van der Waals surface area contributed by atoms with Gasteiger partial charge in [0.05, 0.1) is 0 Å². The molecule has 3 N–H and O–H groups in total. The summed E-state index contributed by atoms with van der Waals surface area (Å²) in [6.45, 7) is 4.61. The predicted molar refractivity (Wildman–Crippen MR) is 108 cm³/mol. The van der Waals surface area contributed by atoms with Gasteiger partial charge in [0, 0.05) is 18.7 Å². The highest BCUT2D eigenvalue weighted by atomic mass is 19.1. The van der Waals surface area contributed by atoms with Crippen molar-refractivity contribution in [2.24, 2.45) is 0 Å². The second kappa shape index (κ2) is 9.87. The Balaban J connectivity index is 2.53. The van der Waals surface area contributed by atoms with E-state index in [0.29, 0.717) is 19.4 Å². The van der Waals surface area contributed by atoms with Crippen molar-refractivity contribution in [3.63, 3.8) is 0 Å². The summed E-state index contributed by atoms with van der Waals surface area (Å²) in [5, 5.41) is 0. The van der Waals surface area contributed by atoms with Crippen molar-refractivity contribution in [1.29, 1.82) is 0 Å². The van der Waals surface area contributed by atoms with Crippen LogP contribution < -0.4 is 21.9 Å². The quantitative estimate of drug-likeness (QED) is 0.643. The normalized spacial score (nSPS) is 10.8. The molecule has 0 aliphatic heterocycles. The number of aromatic amines is 1. The molecule has 0 atom stereocenters. The Hall–Kier alpha value is -2.90. The van der Waals surface area contributed by atoms with Crippen molar-refractivity contribution < 1.29 is 9.18 Å². The summed E-state index contributed by atoms with van der Waals surface area (Å²) >= 11 is 0. The van der Waals surface area contributed by atoms with Gasteiger partial charge in [-0.15, -0.1) is 0 Å². The molecular weight excluding hydrogens is 363 g/mol. The topological polar surface area (TPSA) is 101 Å². The number of carbonyl (C=O) groups excluding carboxylic acids is 1. The van der Waals surface area contributed by atoms with E-state index in [-0.39, 0.29) is 23.6 Å². The van der Waals surface area contributed by atoms with E-state index in [0.717, 1.165) is 19.3 Å². The Morgan fingerprint density at radius 3 is 2.36 bits per heavy atom. The van der Waals surface area contributed by atoms with Crippen molar-refractivity contribution in [1.82, 2.24) is 9.55 Å². The number of aromatic nitrogens is 2. The van der Waals surface area contributed by atoms with Gasteiger partial charge in [-0.1, -0.05) is 33.1 Å². The molecule has 2 rings (SSSR count). The van der Waals surface area contributed by atoms with Crippen LogP contribution in [0, 0.1) is 5.82 Å². The Morgan fingerprint density at radius 2 is 1.75 bits per heavy atom. The second-order valence-corrected chi connectivity index (χ2v) is 6.67. The molecule has 1 heterocycles. The maximum atomic E-state index is 13.2. The average Bonchev–Trinajstić information content (AvgIpc) is 2.66. The van der Waals surface area contributed by atoms with E-state index in [9.17, 15) is 18.8 Å². The largest absolute Gasteiger partial charge is 0.383 e. The molecule has 0 aliphatic carbocycles. The molecule has 0 saturated heterocycles. The van der Waals surface area contributed by atoms with Gasteiger partial charge in [0.1, 0.15) is 11.6 Å². The lowest BCUT2D eigenvalue weighted by molar-refractivity contribution is 0.0986. The number of benzene rings is 1. The summed E-state index contributed by atoms with van der Waals surface area (Å²) < 4.78 is 14.5. The zero-order valence-corrected chi connectivity index (χ0v) is 16.3. The first-order valence-corrected chi connectivity index (χ1v) is 9.60. The number of nitrogens with two attached hydrogens (primary N) is 1.